The van der Waals surface area contributed by atoms with Gasteiger partial charge in [0.1, 0.15) is 11.4 Å². The number of aromatic nitrogens is 1. The van der Waals surface area contributed by atoms with Gasteiger partial charge >= 0.3 is 0 Å². The molecule has 0 aliphatic heterocycles. The van der Waals surface area contributed by atoms with Crippen molar-refractivity contribution in [3.63, 3.8) is 0 Å². The number of aliphatic hydroxyl groups is 3. The van der Waals surface area contributed by atoms with Gasteiger partial charge in [0.05, 0.1) is 25.5 Å². The molecule has 6 nitrogen and oxygen atoms in total. The molecule has 0 spiro atoms. The predicted molar refractivity (Wildman–Crippen MR) is 61.0 cm³/mol. The maximum Gasteiger partial charge on any atom is 0.150 e. The van der Waals surface area contributed by atoms with Gasteiger partial charge in [-0.05, 0) is 19.1 Å². The first-order chi connectivity index (χ1) is 7.56. The van der Waals surface area contributed by atoms with Gasteiger partial charge in [-0.1, -0.05) is 0 Å². The fourth-order valence-corrected chi connectivity index (χ4v) is 1.19. The molecule has 0 aliphatic rings. The zero-order valence-electron chi connectivity index (χ0n) is 9.14. The monoisotopic (exact) mass is 227 g/mol. The first-order valence-electron chi connectivity index (χ1n) is 4.91. The van der Waals surface area contributed by atoms with Gasteiger partial charge < -0.3 is 26.4 Å². The maximum atomic E-state index is 9.15. The van der Waals surface area contributed by atoms with Gasteiger partial charge in [0.15, 0.2) is 0 Å². The molecule has 0 saturated heterocycles. The number of nitrogen functional groups attached to an aromatic ring is 1. The summed E-state index contributed by atoms with van der Waals surface area (Å²) in [6, 6.07) is 3.42. The van der Waals surface area contributed by atoms with Gasteiger partial charge in [-0.2, -0.15) is 0 Å². The molecule has 6 heteroatoms. The van der Waals surface area contributed by atoms with Crippen LogP contribution in [0.5, 0.6) is 0 Å². The quantitative estimate of drug-likeness (QED) is 0.446. The number of aryl methyl sites for hydroxylation is 1. The molecule has 1 rings (SSSR count). The second-order valence-corrected chi connectivity index (χ2v) is 3.77. The van der Waals surface area contributed by atoms with Gasteiger partial charge in [-0.25, -0.2) is 4.98 Å². The molecule has 1 aromatic rings. The minimum Gasteiger partial charge on any atom is -0.396 e. The van der Waals surface area contributed by atoms with Crippen LogP contribution in [0.25, 0.3) is 0 Å². The fourth-order valence-electron chi connectivity index (χ4n) is 1.19. The van der Waals surface area contributed by atoms with Crippen molar-refractivity contribution in [2.24, 2.45) is 0 Å². The highest BCUT2D eigenvalue weighted by Crippen LogP contribution is 2.20. The molecule has 0 amide bonds. The van der Waals surface area contributed by atoms with E-state index in [4.69, 9.17) is 21.1 Å². The number of hydrogen-bond acceptors (Lipinski definition) is 6. The molecule has 0 radical (unpaired) electrons. The molecule has 0 atom stereocenters. The average molecular weight is 227 g/mol. The second-order valence-electron chi connectivity index (χ2n) is 3.77. The Morgan fingerprint density at radius 1 is 1.25 bits per heavy atom. The molecule has 1 aromatic heterocycles. The zero-order valence-corrected chi connectivity index (χ0v) is 9.14. The van der Waals surface area contributed by atoms with E-state index in [1.807, 2.05) is 0 Å². The summed E-state index contributed by atoms with van der Waals surface area (Å²) < 4.78 is 0. The first kappa shape index (κ1) is 12.7. The van der Waals surface area contributed by atoms with Gasteiger partial charge in [0, 0.05) is 5.69 Å². The summed E-state index contributed by atoms with van der Waals surface area (Å²) in [4.78, 5) is 4.13. The Labute approximate surface area is 93.7 Å². The lowest BCUT2D eigenvalue weighted by atomic mass is 10.0. The average Bonchev–Trinajstić information content (AvgIpc) is 2.31. The third-order valence-electron chi connectivity index (χ3n) is 2.36. The third-order valence-corrected chi connectivity index (χ3v) is 2.36. The lowest BCUT2D eigenvalue weighted by molar-refractivity contribution is 0.0831. The van der Waals surface area contributed by atoms with Crippen molar-refractivity contribution < 1.29 is 15.3 Å². The first-order valence-corrected chi connectivity index (χ1v) is 4.91. The Balaban J connectivity index is 2.97. The highest BCUT2D eigenvalue weighted by Gasteiger charge is 2.28. The van der Waals surface area contributed by atoms with E-state index in [0.29, 0.717) is 11.5 Å². The van der Waals surface area contributed by atoms with Crippen LogP contribution in [0.4, 0.5) is 11.5 Å². The van der Waals surface area contributed by atoms with Crippen LogP contribution < -0.4 is 11.1 Å². The summed E-state index contributed by atoms with van der Waals surface area (Å²) in [5.74, 6) is 0.345. The fraction of sp³-hybridized carbons (Fsp3) is 0.500. The highest BCUT2D eigenvalue weighted by atomic mass is 16.3. The number of nitrogens with zero attached hydrogens (tertiary/aromatic N) is 1. The molecule has 0 saturated carbocycles. The van der Waals surface area contributed by atoms with E-state index in [1.54, 1.807) is 19.1 Å². The largest absolute Gasteiger partial charge is 0.396 e. The van der Waals surface area contributed by atoms with Crippen molar-refractivity contribution in [3.05, 3.63) is 17.8 Å². The van der Waals surface area contributed by atoms with Crippen LogP contribution in [0, 0.1) is 6.92 Å². The summed E-state index contributed by atoms with van der Waals surface area (Å²) in [7, 11) is 0. The van der Waals surface area contributed by atoms with E-state index in [9.17, 15) is 0 Å². The van der Waals surface area contributed by atoms with Crippen molar-refractivity contribution in [2.45, 2.75) is 12.5 Å². The van der Waals surface area contributed by atoms with Crippen molar-refractivity contribution in [1.82, 2.24) is 4.98 Å². The summed E-state index contributed by atoms with van der Waals surface area (Å²) in [5.41, 5.74) is 5.62. The topological polar surface area (TPSA) is 112 Å². The van der Waals surface area contributed by atoms with Crippen LogP contribution in [0.1, 0.15) is 5.69 Å². The lowest BCUT2D eigenvalue weighted by Crippen LogP contribution is -2.49. The third kappa shape index (κ3) is 2.60. The molecule has 0 unspecified atom stereocenters. The van der Waals surface area contributed by atoms with Crippen LogP contribution >= 0.6 is 0 Å². The number of pyridine rings is 1. The SMILES string of the molecule is Cc1ccc(N)c(NC(CO)(CO)CO)n1. The molecular weight excluding hydrogens is 210 g/mol. The standard InChI is InChI=1S/C10H17N3O3/c1-7-2-3-8(11)9(12-7)13-10(4-14,5-15)6-16/h2-3,14-16H,4-6,11H2,1H3,(H,12,13). The normalized spacial score (nSPS) is 11.5. The summed E-state index contributed by atoms with van der Waals surface area (Å²) in [5, 5.41) is 30.2. The predicted octanol–water partition coefficient (Wildman–Crippen LogP) is -0.900. The summed E-state index contributed by atoms with van der Waals surface area (Å²) in [6.45, 7) is 0.530. The smallest absolute Gasteiger partial charge is 0.150 e. The molecule has 0 fully saturated rings. The molecule has 0 bridgehead atoms. The van der Waals surface area contributed by atoms with Crippen LogP contribution in [0.2, 0.25) is 0 Å². The van der Waals surface area contributed by atoms with Crippen LogP contribution in [-0.4, -0.2) is 45.7 Å². The van der Waals surface area contributed by atoms with Crippen molar-refractivity contribution in [1.29, 1.82) is 0 Å². The Morgan fingerprint density at radius 2 is 1.81 bits per heavy atom. The molecule has 16 heavy (non-hydrogen) atoms. The van der Waals surface area contributed by atoms with E-state index >= 15 is 0 Å². The van der Waals surface area contributed by atoms with E-state index < -0.39 is 25.4 Å². The van der Waals surface area contributed by atoms with Crippen molar-refractivity contribution >= 4 is 11.5 Å². The summed E-state index contributed by atoms with van der Waals surface area (Å²) in [6.07, 6.45) is 0. The van der Waals surface area contributed by atoms with Crippen molar-refractivity contribution in [3.8, 4) is 0 Å². The Bertz CT molecular complexity index is 345. The Morgan fingerprint density at radius 3 is 2.31 bits per heavy atom. The van der Waals surface area contributed by atoms with Gasteiger partial charge in [-0.15, -0.1) is 0 Å². The number of hydrogen-bond donors (Lipinski definition) is 5. The van der Waals surface area contributed by atoms with Gasteiger partial charge in [-0.3, -0.25) is 0 Å². The number of anilines is 2. The van der Waals surface area contributed by atoms with Gasteiger partial charge in [0.2, 0.25) is 0 Å². The second kappa shape index (κ2) is 5.11. The van der Waals surface area contributed by atoms with E-state index in [-0.39, 0.29) is 0 Å². The summed E-state index contributed by atoms with van der Waals surface area (Å²) >= 11 is 0. The minimum atomic E-state index is -1.21. The van der Waals surface area contributed by atoms with Gasteiger partial charge in [0.25, 0.3) is 0 Å². The Hall–Kier alpha value is -1.37. The molecule has 0 aromatic carbocycles. The molecule has 6 N–H and O–H groups in total. The lowest BCUT2D eigenvalue weighted by Gasteiger charge is -2.29. The Kier molecular flexibility index (Phi) is 4.05. The van der Waals surface area contributed by atoms with E-state index in [1.165, 1.54) is 0 Å². The number of nitrogens with two attached hydrogens (primary N) is 1. The highest BCUT2D eigenvalue weighted by molar-refractivity contribution is 5.62. The minimum absolute atomic E-state index is 0.345. The van der Waals surface area contributed by atoms with E-state index in [0.717, 1.165) is 5.69 Å². The number of aliphatic hydroxyl groups excluding tert-OH is 3. The maximum absolute atomic E-state index is 9.15. The molecule has 90 valence electrons. The zero-order chi connectivity index (χ0) is 12.2. The molecule has 1 heterocycles. The van der Waals surface area contributed by atoms with E-state index in [2.05, 4.69) is 10.3 Å². The van der Waals surface area contributed by atoms with Crippen LogP contribution in [0.3, 0.4) is 0 Å². The molecule has 0 aliphatic carbocycles. The van der Waals surface area contributed by atoms with Crippen LogP contribution in [-0.2, 0) is 0 Å². The number of rotatable bonds is 5. The van der Waals surface area contributed by atoms with Crippen LogP contribution in [0.15, 0.2) is 12.1 Å². The van der Waals surface area contributed by atoms with Crippen molar-refractivity contribution in [2.75, 3.05) is 30.9 Å². The molecular formula is C10H17N3O3. The number of nitrogens with one attached hydrogen (secondary N) is 1.